The van der Waals surface area contributed by atoms with Gasteiger partial charge in [0.25, 0.3) is 11.7 Å². The van der Waals surface area contributed by atoms with Gasteiger partial charge in [0, 0.05) is 5.56 Å². The van der Waals surface area contributed by atoms with Crippen LogP contribution in [0.5, 0.6) is 5.75 Å². The van der Waals surface area contributed by atoms with Crippen LogP contribution < -0.4 is 4.74 Å². The fourth-order valence-electron chi connectivity index (χ4n) is 4.34. The van der Waals surface area contributed by atoms with Crippen LogP contribution in [0.15, 0.2) is 107 Å². The molecule has 36 heavy (non-hydrogen) atoms. The first kappa shape index (κ1) is 23.2. The first-order valence-electron chi connectivity index (χ1n) is 11.7. The Kier molecular flexibility index (Phi) is 6.41. The second-order valence-electron chi connectivity index (χ2n) is 8.72. The number of nitrogens with zero attached hydrogens (tertiary/aromatic N) is 1. The average molecular weight is 480 g/mol. The van der Waals surface area contributed by atoms with Gasteiger partial charge in [0.1, 0.15) is 23.9 Å². The van der Waals surface area contributed by atoms with E-state index in [-0.39, 0.29) is 17.9 Å². The van der Waals surface area contributed by atoms with Crippen molar-refractivity contribution in [3.63, 3.8) is 0 Å². The van der Waals surface area contributed by atoms with Crippen molar-refractivity contribution in [1.82, 2.24) is 4.90 Å². The Bertz CT molecular complexity index is 1410. The number of aryl methyl sites for hydroxylation is 1. The van der Waals surface area contributed by atoms with Gasteiger partial charge < -0.3 is 19.2 Å². The van der Waals surface area contributed by atoms with Gasteiger partial charge in [0.2, 0.25) is 0 Å². The Labute approximate surface area is 209 Å². The normalized spacial score (nSPS) is 16.9. The second kappa shape index (κ2) is 9.96. The Morgan fingerprint density at radius 2 is 1.72 bits per heavy atom. The van der Waals surface area contributed by atoms with Crippen molar-refractivity contribution in [2.24, 2.45) is 0 Å². The highest BCUT2D eigenvalue weighted by molar-refractivity contribution is 6.46. The van der Waals surface area contributed by atoms with E-state index in [0.29, 0.717) is 29.2 Å². The van der Waals surface area contributed by atoms with Crippen molar-refractivity contribution < 1.29 is 23.8 Å². The third-order valence-electron chi connectivity index (χ3n) is 6.19. The van der Waals surface area contributed by atoms with Gasteiger partial charge in [0.05, 0.1) is 24.4 Å². The molecule has 4 aromatic rings. The summed E-state index contributed by atoms with van der Waals surface area (Å²) >= 11 is 0. The van der Waals surface area contributed by atoms with Gasteiger partial charge in [-0.1, -0.05) is 72.3 Å². The van der Waals surface area contributed by atoms with Crippen LogP contribution in [0.25, 0.3) is 5.76 Å². The number of ether oxygens (including phenoxy) is 1. The van der Waals surface area contributed by atoms with E-state index in [9.17, 15) is 14.7 Å². The molecule has 5 rings (SSSR count). The zero-order valence-corrected chi connectivity index (χ0v) is 19.8. The number of likely N-dealkylation sites (tertiary alicyclic amines) is 1. The van der Waals surface area contributed by atoms with Crippen molar-refractivity contribution in [2.45, 2.75) is 26.1 Å². The Morgan fingerprint density at radius 1 is 0.944 bits per heavy atom. The number of benzene rings is 3. The molecule has 0 radical (unpaired) electrons. The van der Waals surface area contributed by atoms with Crippen LogP contribution >= 0.6 is 0 Å². The Morgan fingerprint density at radius 3 is 2.44 bits per heavy atom. The van der Waals surface area contributed by atoms with E-state index in [2.05, 4.69) is 0 Å². The third kappa shape index (κ3) is 4.66. The molecule has 0 bridgehead atoms. The van der Waals surface area contributed by atoms with E-state index in [1.165, 1.54) is 11.2 Å². The molecule has 0 aliphatic carbocycles. The number of ketones is 1. The number of rotatable bonds is 7. The molecule has 1 fully saturated rings. The van der Waals surface area contributed by atoms with Gasteiger partial charge in [-0.25, -0.2) is 0 Å². The summed E-state index contributed by atoms with van der Waals surface area (Å²) in [6.45, 7) is 2.40. The summed E-state index contributed by atoms with van der Waals surface area (Å²) in [6, 6.07) is 26.9. The van der Waals surface area contributed by atoms with E-state index in [0.717, 1.165) is 11.1 Å². The van der Waals surface area contributed by atoms with Crippen LogP contribution in [0.3, 0.4) is 0 Å². The van der Waals surface area contributed by atoms with E-state index in [4.69, 9.17) is 9.15 Å². The minimum atomic E-state index is -0.809. The smallest absolute Gasteiger partial charge is 0.296 e. The van der Waals surface area contributed by atoms with Gasteiger partial charge in [-0.05, 0) is 42.3 Å². The number of hydrogen-bond acceptors (Lipinski definition) is 5. The Balaban J connectivity index is 1.55. The molecule has 1 aliphatic rings. The summed E-state index contributed by atoms with van der Waals surface area (Å²) in [7, 11) is 0. The SMILES string of the molecule is Cc1ccc(/C(O)=C2/C(=O)C(=O)N(Cc3ccco3)C2c2cccc(OCc3ccccc3)c2)cc1. The lowest BCUT2D eigenvalue weighted by molar-refractivity contribution is -0.140. The molecule has 180 valence electrons. The molecular weight excluding hydrogens is 454 g/mol. The van der Waals surface area contributed by atoms with Crippen molar-refractivity contribution >= 4 is 17.4 Å². The number of aliphatic hydroxyl groups is 1. The number of Topliss-reactive ketones (excluding diaryl/α,β-unsaturated/α-hetero) is 1. The quantitative estimate of drug-likeness (QED) is 0.206. The predicted molar refractivity (Wildman–Crippen MR) is 135 cm³/mol. The van der Waals surface area contributed by atoms with Crippen LogP contribution in [-0.2, 0) is 22.7 Å². The maximum Gasteiger partial charge on any atom is 0.296 e. The zero-order chi connectivity index (χ0) is 25.1. The molecule has 0 saturated carbocycles. The number of hydrogen-bond donors (Lipinski definition) is 1. The van der Waals surface area contributed by atoms with Crippen molar-refractivity contribution in [2.75, 3.05) is 0 Å². The van der Waals surface area contributed by atoms with Crippen molar-refractivity contribution in [1.29, 1.82) is 0 Å². The molecule has 1 aliphatic heterocycles. The van der Waals surface area contributed by atoms with Gasteiger partial charge >= 0.3 is 0 Å². The molecule has 1 atom stereocenters. The predicted octanol–water partition coefficient (Wildman–Crippen LogP) is 5.79. The van der Waals surface area contributed by atoms with Crippen LogP contribution in [0, 0.1) is 6.92 Å². The lowest BCUT2D eigenvalue weighted by Crippen LogP contribution is -2.29. The van der Waals surface area contributed by atoms with Gasteiger partial charge in [0.15, 0.2) is 0 Å². The highest BCUT2D eigenvalue weighted by Gasteiger charge is 2.46. The minimum absolute atomic E-state index is 0.0376. The maximum atomic E-state index is 13.2. The zero-order valence-electron chi connectivity index (χ0n) is 19.8. The van der Waals surface area contributed by atoms with Crippen LogP contribution in [0.2, 0.25) is 0 Å². The fraction of sp³-hybridized carbons (Fsp3) is 0.133. The lowest BCUT2D eigenvalue weighted by atomic mass is 9.95. The van der Waals surface area contributed by atoms with Crippen LogP contribution in [0.1, 0.15) is 34.1 Å². The molecule has 6 nitrogen and oxygen atoms in total. The molecule has 1 N–H and O–H groups in total. The average Bonchev–Trinajstić information content (AvgIpc) is 3.51. The summed E-state index contributed by atoms with van der Waals surface area (Å²) in [5.41, 5.74) is 3.20. The number of furan rings is 1. The van der Waals surface area contributed by atoms with E-state index in [1.54, 1.807) is 30.3 Å². The number of carbonyl (C=O) groups is 2. The molecule has 0 spiro atoms. The molecular formula is C30H25NO5. The number of carbonyl (C=O) groups excluding carboxylic acids is 2. The third-order valence-corrected chi connectivity index (χ3v) is 6.19. The largest absolute Gasteiger partial charge is 0.507 e. The minimum Gasteiger partial charge on any atom is -0.507 e. The molecule has 2 heterocycles. The van der Waals surface area contributed by atoms with Crippen molar-refractivity contribution in [3.8, 4) is 5.75 Å². The summed E-state index contributed by atoms with van der Waals surface area (Å²) in [6.07, 6.45) is 1.52. The molecule has 1 aromatic heterocycles. The highest BCUT2D eigenvalue weighted by Crippen LogP contribution is 2.41. The maximum absolute atomic E-state index is 13.2. The Hall–Kier alpha value is -4.58. The number of amides is 1. The first-order chi connectivity index (χ1) is 17.5. The molecule has 6 heteroatoms. The second-order valence-corrected chi connectivity index (χ2v) is 8.72. The van der Waals surface area contributed by atoms with Gasteiger partial charge in [-0.2, -0.15) is 0 Å². The van der Waals surface area contributed by atoms with Crippen LogP contribution in [-0.4, -0.2) is 21.7 Å². The van der Waals surface area contributed by atoms with E-state index < -0.39 is 17.7 Å². The molecule has 1 saturated heterocycles. The molecule has 1 amide bonds. The topological polar surface area (TPSA) is 80.0 Å². The van der Waals surface area contributed by atoms with Crippen LogP contribution in [0.4, 0.5) is 0 Å². The first-order valence-corrected chi connectivity index (χ1v) is 11.7. The summed E-state index contributed by atoms with van der Waals surface area (Å²) in [4.78, 5) is 27.8. The monoisotopic (exact) mass is 479 g/mol. The van der Waals surface area contributed by atoms with Gasteiger partial charge in [-0.15, -0.1) is 0 Å². The molecule has 1 unspecified atom stereocenters. The fourth-order valence-corrected chi connectivity index (χ4v) is 4.34. The lowest BCUT2D eigenvalue weighted by Gasteiger charge is -2.25. The highest BCUT2D eigenvalue weighted by atomic mass is 16.5. The summed E-state index contributed by atoms with van der Waals surface area (Å²) in [5, 5.41) is 11.2. The summed E-state index contributed by atoms with van der Waals surface area (Å²) in [5.74, 6) is -0.513. The molecule has 3 aromatic carbocycles. The van der Waals surface area contributed by atoms with Gasteiger partial charge in [-0.3, -0.25) is 9.59 Å². The summed E-state index contributed by atoms with van der Waals surface area (Å²) < 4.78 is 11.5. The number of aliphatic hydroxyl groups excluding tert-OH is 1. The van der Waals surface area contributed by atoms with E-state index in [1.807, 2.05) is 67.6 Å². The van der Waals surface area contributed by atoms with E-state index >= 15 is 0 Å². The van der Waals surface area contributed by atoms with Crippen molar-refractivity contribution in [3.05, 3.63) is 131 Å². The standard InChI is InChI=1S/C30H25NO5/c1-20-12-14-22(15-13-20)28(32)26-27(31(30(34)29(26)33)18-25-11-6-16-35-25)23-9-5-10-24(17-23)36-19-21-7-3-2-4-8-21/h2-17,27,32H,18-19H2,1H3/b28-26-.